The molecule has 2 atom stereocenters. The van der Waals surface area contributed by atoms with Crippen LogP contribution in [0, 0.1) is 11.3 Å². The van der Waals surface area contributed by atoms with E-state index >= 15 is 0 Å². The van der Waals surface area contributed by atoms with Crippen LogP contribution in [0.1, 0.15) is 53.9 Å². The molecule has 3 heteroatoms. The Kier molecular flexibility index (Phi) is 5.64. The fourth-order valence-corrected chi connectivity index (χ4v) is 2.49. The smallest absolute Gasteiger partial charge is 0.222 e. The topological polar surface area (TPSA) is 32.3 Å². The number of nitrogens with one attached hydrogen (secondary N) is 1. The first kappa shape index (κ1) is 15.5. The molecule has 2 unspecified atom stereocenters. The lowest BCUT2D eigenvalue weighted by molar-refractivity contribution is -0.128. The molecule has 0 radical (unpaired) electrons. The summed E-state index contributed by atoms with van der Waals surface area (Å²) in [6.45, 7) is 13.9. The number of hydrogen-bond donors (Lipinski definition) is 1. The molecule has 1 N–H and O–H groups in total. The minimum absolute atomic E-state index is 0.194. The summed E-state index contributed by atoms with van der Waals surface area (Å²) in [5, 5.41) is 3.60. The normalized spacial score (nSPS) is 22.6. The third-order valence-electron chi connectivity index (χ3n) is 3.96. The van der Waals surface area contributed by atoms with Crippen molar-refractivity contribution < 1.29 is 4.79 Å². The predicted octanol–water partition coefficient (Wildman–Crippen LogP) is 2.66. The van der Waals surface area contributed by atoms with E-state index in [0.29, 0.717) is 17.9 Å². The van der Waals surface area contributed by atoms with Crippen LogP contribution in [0.5, 0.6) is 0 Å². The Morgan fingerprint density at radius 2 is 2.06 bits per heavy atom. The first-order valence-corrected chi connectivity index (χ1v) is 7.39. The van der Waals surface area contributed by atoms with E-state index in [-0.39, 0.29) is 5.41 Å². The Labute approximate surface area is 112 Å². The lowest BCUT2D eigenvalue weighted by atomic mass is 9.86. The van der Waals surface area contributed by atoms with Crippen LogP contribution in [0.25, 0.3) is 0 Å². The average molecular weight is 254 g/mol. The van der Waals surface area contributed by atoms with Crippen LogP contribution in [0.3, 0.4) is 0 Å². The fraction of sp³-hybridized carbons (Fsp3) is 0.933. The molecule has 3 nitrogen and oxygen atoms in total. The van der Waals surface area contributed by atoms with Crippen LogP contribution < -0.4 is 5.32 Å². The highest BCUT2D eigenvalue weighted by Gasteiger charge is 2.33. The molecule has 0 aromatic rings. The number of amides is 1. The van der Waals surface area contributed by atoms with Crippen molar-refractivity contribution in [1.29, 1.82) is 0 Å². The van der Waals surface area contributed by atoms with E-state index in [1.807, 2.05) is 0 Å². The molecule has 0 aliphatic carbocycles. The molecule has 0 aromatic carbocycles. The first-order chi connectivity index (χ1) is 8.38. The second-order valence-electron chi connectivity index (χ2n) is 6.65. The predicted molar refractivity (Wildman–Crippen MR) is 76.5 cm³/mol. The lowest BCUT2D eigenvalue weighted by Crippen LogP contribution is -2.49. The summed E-state index contributed by atoms with van der Waals surface area (Å²) >= 11 is 0. The van der Waals surface area contributed by atoms with Crippen LogP contribution in [0.4, 0.5) is 0 Å². The first-order valence-electron chi connectivity index (χ1n) is 7.39. The molecule has 18 heavy (non-hydrogen) atoms. The molecule has 1 saturated heterocycles. The van der Waals surface area contributed by atoms with E-state index in [0.717, 1.165) is 38.9 Å². The van der Waals surface area contributed by atoms with Crippen molar-refractivity contribution in [3.8, 4) is 0 Å². The summed E-state index contributed by atoms with van der Waals surface area (Å²) in [4.78, 5) is 14.0. The van der Waals surface area contributed by atoms with E-state index in [1.165, 1.54) is 0 Å². The van der Waals surface area contributed by atoms with Crippen LogP contribution in [0.15, 0.2) is 0 Å². The SMILES string of the molecule is CCCNC(CN1CC(CC)CC1=O)C(C)(C)C. The van der Waals surface area contributed by atoms with E-state index in [1.54, 1.807) is 0 Å². The van der Waals surface area contributed by atoms with Crippen molar-refractivity contribution in [2.24, 2.45) is 11.3 Å². The number of nitrogens with zero attached hydrogens (tertiary/aromatic N) is 1. The van der Waals surface area contributed by atoms with Crippen molar-refractivity contribution in [2.45, 2.75) is 59.9 Å². The maximum absolute atomic E-state index is 12.0. The maximum atomic E-state index is 12.0. The molecule has 1 rings (SSSR count). The van der Waals surface area contributed by atoms with Crippen molar-refractivity contribution in [2.75, 3.05) is 19.6 Å². The van der Waals surface area contributed by atoms with Gasteiger partial charge in [-0.15, -0.1) is 0 Å². The Morgan fingerprint density at radius 3 is 2.50 bits per heavy atom. The van der Waals surface area contributed by atoms with Crippen molar-refractivity contribution in [1.82, 2.24) is 10.2 Å². The number of rotatable bonds is 6. The van der Waals surface area contributed by atoms with Crippen LogP contribution in [0.2, 0.25) is 0 Å². The Hall–Kier alpha value is -0.570. The number of carbonyl (C=O) groups is 1. The van der Waals surface area contributed by atoms with Gasteiger partial charge < -0.3 is 10.2 Å². The van der Waals surface area contributed by atoms with Gasteiger partial charge in [-0.2, -0.15) is 0 Å². The molecule has 0 saturated carbocycles. The Morgan fingerprint density at radius 1 is 1.39 bits per heavy atom. The molecule has 1 amide bonds. The second kappa shape index (κ2) is 6.55. The Balaban J connectivity index is 2.58. The fourth-order valence-electron chi connectivity index (χ4n) is 2.49. The minimum Gasteiger partial charge on any atom is -0.341 e. The zero-order chi connectivity index (χ0) is 13.8. The van der Waals surface area contributed by atoms with Crippen molar-refractivity contribution in [3.63, 3.8) is 0 Å². The van der Waals surface area contributed by atoms with E-state index in [4.69, 9.17) is 0 Å². The second-order valence-corrected chi connectivity index (χ2v) is 6.65. The summed E-state index contributed by atoms with van der Waals surface area (Å²) < 4.78 is 0. The third-order valence-corrected chi connectivity index (χ3v) is 3.96. The number of hydrogen-bond acceptors (Lipinski definition) is 2. The van der Waals surface area contributed by atoms with Gasteiger partial charge in [0.1, 0.15) is 0 Å². The molecule has 1 heterocycles. The zero-order valence-electron chi connectivity index (χ0n) is 12.8. The summed E-state index contributed by atoms with van der Waals surface area (Å²) in [7, 11) is 0. The highest BCUT2D eigenvalue weighted by Crippen LogP contribution is 2.25. The zero-order valence-corrected chi connectivity index (χ0v) is 12.8. The van der Waals surface area contributed by atoms with Gasteiger partial charge >= 0.3 is 0 Å². The maximum Gasteiger partial charge on any atom is 0.222 e. The summed E-state index contributed by atoms with van der Waals surface area (Å²) in [6, 6.07) is 0.386. The highest BCUT2D eigenvalue weighted by atomic mass is 16.2. The van der Waals surface area contributed by atoms with Gasteiger partial charge in [0.05, 0.1) is 0 Å². The largest absolute Gasteiger partial charge is 0.341 e. The van der Waals surface area contributed by atoms with Gasteiger partial charge in [-0.25, -0.2) is 0 Å². The highest BCUT2D eigenvalue weighted by molar-refractivity contribution is 5.78. The average Bonchev–Trinajstić information content (AvgIpc) is 2.64. The monoisotopic (exact) mass is 254 g/mol. The van der Waals surface area contributed by atoms with Crippen molar-refractivity contribution in [3.05, 3.63) is 0 Å². The molecule has 0 aromatic heterocycles. The third kappa shape index (κ3) is 4.27. The van der Waals surface area contributed by atoms with Crippen LogP contribution in [-0.4, -0.2) is 36.5 Å². The number of carbonyl (C=O) groups excluding carboxylic acids is 1. The summed E-state index contributed by atoms with van der Waals surface area (Å²) in [5.41, 5.74) is 0.194. The molecule has 1 aliphatic heterocycles. The minimum atomic E-state index is 0.194. The van der Waals surface area contributed by atoms with Crippen LogP contribution >= 0.6 is 0 Å². The van der Waals surface area contributed by atoms with E-state index in [2.05, 4.69) is 44.8 Å². The van der Waals surface area contributed by atoms with Gasteiger partial charge in [0.2, 0.25) is 5.91 Å². The van der Waals surface area contributed by atoms with Crippen LogP contribution in [-0.2, 0) is 4.79 Å². The molecule has 0 spiro atoms. The molecule has 106 valence electrons. The van der Waals surface area contributed by atoms with Gasteiger partial charge in [-0.3, -0.25) is 4.79 Å². The quantitative estimate of drug-likeness (QED) is 0.790. The van der Waals surface area contributed by atoms with Crippen molar-refractivity contribution >= 4 is 5.91 Å². The molecular weight excluding hydrogens is 224 g/mol. The van der Waals surface area contributed by atoms with Gasteiger partial charge in [-0.05, 0) is 24.3 Å². The molecule has 1 fully saturated rings. The molecule has 1 aliphatic rings. The standard InChI is InChI=1S/C15H30N2O/c1-6-8-16-13(15(3,4)5)11-17-10-12(7-2)9-14(17)18/h12-13,16H,6-11H2,1-5H3. The summed E-state index contributed by atoms with van der Waals surface area (Å²) in [5.74, 6) is 0.915. The van der Waals surface area contributed by atoms with E-state index < -0.39 is 0 Å². The Bertz CT molecular complexity index is 270. The number of likely N-dealkylation sites (tertiary alicyclic amines) is 1. The van der Waals surface area contributed by atoms with Gasteiger partial charge in [0.25, 0.3) is 0 Å². The van der Waals surface area contributed by atoms with Gasteiger partial charge in [0.15, 0.2) is 0 Å². The van der Waals surface area contributed by atoms with Gasteiger partial charge in [-0.1, -0.05) is 41.0 Å². The summed E-state index contributed by atoms with van der Waals surface area (Å²) in [6.07, 6.45) is 3.00. The van der Waals surface area contributed by atoms with E-state index in [9.17, 15) is 4.79 Å². The molecule has 0 bridgehead atoms. The molecular formula is C15H30N2O. The van der Waals surface area contributed by atoms with Gasteiger partial charge in [0, 0.05) is 25.6 Å². The lowest BCUT2D eigenvalue weighted by Gasteiger charge is -2.35.